The minimum Gasteiger partial charge on any atom is -0.475 e. The molecule has 0 aromatic heterocycles. The van der Waals surface area contributed by atoms with Gasteiger partial charge in [-0.3, -0.25) is 14.4 Å². The number of carbonyl (C=O) groups is 5. The van der Waals surface area contributed by atoms with Crippen molar-refractivity contribution in [3.63, 3.8) is 0 Å². The molecular weight excluding hydrogens is 653 g/mol. The number of fused-ring (bicyclic) bond motifs is 4. The molecule has 4 heterocycles. The van der Waals surface area contributed by atoms with Crippen LogP contribution in [0.1, 0.15) is 52.6 Å². The number of allylic oxidation sites excluding steroid dienone is 2. The predicted octanol–water partition coefficient (Wildman–Crippen LogP) is 6.44. The fraction of sp³-hybridized carbons (Fsp3) is 0.0833. The normalized spacial score (nSPS) is 20.0. The Kier molecular flexibility index (Phi) is 7.00. The predicted molar refractivity (Wildman–Crippen MR) is 179 cm³/mol. The zero-order valence-electron chi connectivity index (χ0n) is 25.2. The molecule has 0 aliphatic carbocycles. The Labute approximate surface area is 281 Å². The summed E-state index contributed by atoms with van der Waals surface area (Å²) >= 11 is 2.46. The van der Waals surface area contributed by atoms with E-state index in [9.17, 15) is 24.0 Å². The van der Waals surface area contributed by atoms with Gasteiger partial charge in [0.2, 0.25) is 16.7 Å². The summed E-state index contributed by atoms with van der Waals surface area (Å²) < 4.78 is 16.2. The second-order valence-electron chi connectivity index (χ2n) is 11.1. The molecule has 48 heavy (non-hydrogen) atoms. The standard InChI is InChI=1S/C36H22N2O8S2/c1-44-33(41)16-8-11-23-21(13-16)32(40)30(37-23)28-20-5-3-4-6-25(20)48-36(28)46-18-9-12-26-22(15-18)27(35(43)47-26)29-31(39)19-10-7-17(34(42)45-2)14-24(19)38-29/h3-15,36-38H,1-2H3/b29-27-,30-28-. The Morgan fingerprint density at radius 2 is 1.38 bits per heavy atom. The van der Waals surface area contributed by atoms with Crippen molar-refractivity contribution in [3.8, 4) is 5.75 Å². The number of hydrogen-bond acceptors (Lipinski definition) is 12. The molecule has 12 heteroatoms. The molecule has 1 atom stereocenters. The molecule has 0 amide bonds. The van der Waals surface area contributed by atoms with Crippen LogP contribution in [0.4, 0.5) is 11.4 Å². The number of ketones is 2. The van der Waals surface area contributed by atoms with E-state index in [0.717, 1.165) is 22.2 Å². The van der Waals surface area contributed by atoms with Crippen molar-refractivity contribution >= 4 is 74.7 Å². The molecular formula is C36H22N2O8S2. The molecule has 4 aliphatic heterocycles. The van der Waals surface area contributed by atoms with Crippen LogP contribution in [-0.2, 0) is 14.3 Å². The first kappa shape index (κ1) is 29.8. The van der Waals surface area contributed by atoms with Gasteiger partial charge in [0.05, 0.1) is 48.0 Å². The highest BCUT2D eigenvalue weighted by molar-refractivity contribution is 8.15. The van der Waals surface area contributed by atoms with Gasteiger partial charge in [0, 0.05) is 37.7 Å². The molecule has 2 N–H and O–H groups in total. The number of methoxy groups -OCH3 is 2. The monoisotopic (exact) mass is 674 g/mol. The molecule has 0 radical (unpaired) electrons. The van der Waals surface area contributed by atoms with E-state index in [1.807, 2.05) is 24.3 Å². The van der Waals surface area contributed by atoms with Crippen LogP contribution in [0, 0.1) is 0 Å². The Bertz CT molecular complexity index is 2260. The maximum atomic E-state index is 13.8. The first-order chi connectivity index (χ1) is 23.2. The molecule has 0 spiro atoms. The molecule has 0 bridgehead atoms. The summed E-state index contributed by atoms with van der Waals surface area (Å²) in [6, 6.07) is 22.3. The molecule has 0 fully saturated rings. The zero-order chi connectivity index (χ0) is 33.3. The number of thioether (sulfide) groups is 2. The lowest BCUT2D eigenvalue weighted by Gasteiger charge is -2.17. The number of ether oxygens (including phenoxy) is 3. The molecule has 0 saturated heterocycles. The van der Waals surface area contributed by atoms with Crippen molar-refractivity contribution in [2.75, 3.05) is 24.9 Å². The van der Waals surface area contributed by atoms with Crippen molar-refractivity contribution < 1.29 is 38.2 Å². The highest BCUT2D eigenvalue weighted by Crippen LogP contribution is 2.50. The smallest absolute Gasteiger partial charge is 0.337 e. The van der Waals surface area contributed by atoms with Crippen LogP contribution in [0.25, 0.3) is 11.1 Å². The van der Waals surface area contributed by atoms with E-state index in [2.05, 4.69) is 10.6 Å². The average Bonchev–Trinajstić information content (AvgIpc) is 3.82. The summed E-state index contributed by atoms with van der Waals surface area (Å²) in [7, 11) is 2.56. The van der Waals surface area contributed by atoms with Crippen molar-refractivity contribution in [2.24, 2.45) is 0 Å². The highest BCUT2D eigenvalue weighted by Gasteiger charge is 2.39. The Morgan fingerprint density at radius 3 is 2.17 bits per heavy atom. The van der Waals surface area contributed by atoms with Gasteiger partial charge in [-0.2, -0.15) is 0 Å². The summed E-state index contributed by atoms with van der Waals surface area (Å²) in [6.45, 7) is 0. The van der Waals surface area contributed by atoms with Gasteiger partial charge in [-0.1, -0.05) is 30.0 Å². The fourth-order valence-corrected chi connectivity index (χ4v) is 8.25. The van der Waals surface area contributed by atoms with Crippen molar-refractivity contribution in [3.05, 3.63) is 124 Å². The maximum absolute atomic E-state index is 13.8. The Hall–Kier alpha value is -5.59. The number of nitrogens with one attached hydrogen (secondary N) is 2. The molecule has 1 unspecified atom stereocenters. The van der Waals surface area contributed by atoms with E-state index in [4.69, 9.17) is 14.2 Å². The number of benzene rings is 4. The number of Topliss-reactive ketones (excluding diaryl/α,β-unsaturated/α-hetero) is 2. The van der Waals surface area contributed by atoms with Crippen LogP contribution in [0.15, 0.2) is 100 Å². The SMILES string of the molecule is COC(=O)c1ccc2c(c1)N/C(=C1\C(=O)Sc3ccc(OC4Sc5ccccc5/C4=C4/Nc5ccc(C(=O)OC)cc5C4=O)cc31)C2=O. The Morgan fingerprint density at radius 1 is 0.667 bits per heavy atom. The van der Waals surface area contributed by atoms with Gasteiger partial charge in [0.15, 0.2) is 5.44 Å². The van der Waals surface area contributed by atoms with E-state index >= 15 is 0 Å². The van der Waals surface area contributed by atoms with Gasteiger partial charge >= 0.3 is 11.9 Å². The highest BCUT2D eigenvalue weighted by atomic mass is 32.2. The molecule has 236 valence electrons. The lowest BCUT2D eigenvalue weighted by atomic mass is 10.0. The minimum absolute atomic E-state index is 0.121. The van der Waals surface area contributed by atoms with Crippen LogP contribution in [-0.4, -0.2) is 48.3 Å². The topological polar surface area (TPSA) is 137 Å². The average molecular weight is 675 g/mol. The summed E-state index contributed by atoms with van der Waals surface area (Å²) in [4.78, 5) is 66.4. The molecule has 4 aromatic rings. The van der Waals surface area contributed by atoms with Crippen LogP contribution < -0.4 is 15.4 Å². The molecule has 4 aliphatic rings. The number of esters is 2. The number of hydrogen-bond donors (Lipinski definition) is 2. The second kappa shape index (κ2) is 11.3. The van der Waals surface area contributed by atoms with Gasteiger partial charge in [-0.05, 0) is 78.0 Å². The van der Waals surface area contributed by atoms with Crippen LogP contribution in [0.2, 0.25) is 0 Å². The summed E-state index contributed by atoms with van der Waals surface area (Å²) in [5.41, 5.74) is 4.26. The summed E-state index contributed by atoms with van der Waals surface area (Å²) in [6.07, 6.45) is 0. The van der Waals surface area contributed by atoms with Gasteiger partial charge in [0.25, 0.3) is 0 Å². The van der Waals surface area contributed by atoms with Gasteiger partial charge in [-0.15, -0.1) is 0 Å². The number of carbonyl (C=O) groups excluding carboxylic acids is 5. The molecule has 0 saturated carbocycles. The van der Waals surface area contributed by atoms with E-state index in [-0.39, 0.29) is 39.1 Å². The molecule has 4 aromatic carbocycles. The summed E-state index contributed by atoms with van der Waals surface area (Å²) in [5.74, 6) is -1.29. The minimum atomic E-state index is -0.644. The second-order valence-corrected chi connectivity index (χ2v) is 13.2. The molecule has 10 nitrogen and oxygen atoms in total. The third-order valence-corrected chi connectivity index (χ3v) is 10.5. The fourth-order valence-electron chi connectivity index (χ4n) is 6.11. The van der Waals surface area contributed by atoms with Crippen molar-refractivity contribution in [2.45, 2.75) is 15.2 Å². The first-order valence-electron chi connectivity index (χ1n) is 14.6. The third-order valence-electron chi connectivity index (χ3n) is 8.38. The van der Waals surface area contributed by atoms with Gasteiger partial charge < -0.3 is 24.8 Å². The lowest BCUT2D eigenvalue weighted by molar-refractivity contribution is -0.106. The van der Waals surface area contributed by atoms with Crippen LogP contribution in [0.3, 0.4) is 0 Å². The maximum Gasteiger partial charge on any atom is 0.337 e. The Balaban J connectivity index is 1.15. The van der Waals surface area contributed by atoms with E-state index in [1.54, 1.807) is 30.3 Å². The number of anilines is 2. The van der Waals surface area contributed by atoms with Crippen LogP contribution >= 0.6 is 23.5 Å². The van der Waals surface area contributed by atoms with E-state index in [0.29, 0.717) is 50.0 Å². The largest absolute Gasteiger partial charge is 0.475 e. The van der Waals surface area contributed by atoms with Gasteiger partial charge in [0.1, 0.15) is 5.75 Å². The van der Waals surface area contributed by atoms with Gasteiger partial charge in [-0.25, -0.2) is 9.59 Å². The number of rotatable bonds is 4. The zero-order valence-corrected chi connectivity index (χ0v) is 26.8. The lowest BCUT2D eigenvalue weighted by Crippen LogP contribution is -2.16. The quantitative estimate of drug-likeness (QED) is 0.182. The summed E-state index contributed by atoms with van der Waals surface area (Å²) in [5, 5.41) is 6.00. The first-order valence-corrected chi connectivity index (χ1v) is 16.3. The molecule has 8 rings (SSSR count). The van der Waals surface area contributed by atoms with E-state index < -0.39 is 17.4 Å². The third kappa shape index (κ3) is 4.63. The van der Waals surface area contributed by atoms with E-state index in [1.165, 1.54) is 50.2 Å². The van der Waals surface area contributed by atoms with Crippen molar-refractivity contribution in [1.29, 1.82) is 0 Å². The van der Waals surface area contributed by atoms with Crippen molar-refractivity contribution in [1.82, 2.24) is 0 Å². The van der Waals surface area contributed by atoms with Crippen LogP contribution in [0.5, 0.6) is 5.75 Å².